The Hall–Kier alpha value is -1.55. The van der Waals surface area contributed by atoms with Gasteiger partial charge in [0.15, 0.2) is 0 Å². The van der Waals surface area contributed by atoms with Gasteiger partial charge in [0.25, 0.3) is 0 Å². The van der Waals surface area contributed by atoms with Crippen LogP contribution in [-0.2, 0) is 16.1 Å². The predicted octanol–water partition coefficient (Wildman–Crippen LogP) is 2.21. The van der Waals surface area contributed by atoms with Gasteiger partial charge in [0.2, 0.25) is 11.8 Å². The van der Waals surface area contributed by atoms with Crippen LogP contribution in [0.15, 0.2) is 24.3 Å². The summed E-state index contributed by atoms with van der Waals surface area (Å²) in [6.07, 6.45) is 0.310. The summed E-state index contributed by atoms with van der Waals surface area (Å²) < 4.78 is 0. The lowest BCUT2D eigenvalue weighted by Crippen LogP contribution is -2.35. The summed E-state index contributed by atoms with van der Waals surface area (Å²) in [5.41, 5.74) is 0.993. The van der Waals surface area contributed by atoms with Crippen LogP contribution in [-0.4, -0.2) is 29.3 Å². The number of nitrogens with zero attached hydrogens (tertiary/aromatic N) is 1. The molecule has 1 aromatic carbocycles. The summed E-state index contributed by atoms with van der Waals surface area (Å²) in [6.45, 7) is 4.91. The van der Waals surface area contributed by atoms with E-state index in [2.05, 4.69) is 5.32 Å². The number of halogens is 1. The molecule has 1 saturated heterocycles. The van der Waals surface area contributed by atoms with Crippen LogP contribution < -0.4 is 5.32 Å². The molecular weight excluding hydrogens is 276 g/mol. The second-order valence-electron chi connectivity index (χ2n) is 5.39. The standard InChI is InChI=1S/C15H19ClN2O2/c1-10(2)18-9-12(7-14(18)19)15(20)17-8-11-3-5-13(16)6-4-11/h3-6,10,12H,7-9H2,1-2H3,(H,17,20). The molecule has 0 aromatic heterocycles. The Morgan fingerprint density at radius 2 is 2.05 bits per heavy atom. The summed E-state index contributed by atoms with van der Waals surface area (Å²) in [5.74, 6) is -0.236. The third-order valence-electron chi connectivity index (χ3n) is 3.53. The quantitative estimate of drug-likeness (QED) is 0.925. The highest BCUT2D eigenvalue weighted by Gasteiger charge is 2.35. The second-order valence-corrected chi connectivity index (χ2v) is 5.82. The fraction of sp³-hybridized carbons (Fsp3) is 0.467. The Morgan fingerprint density at radius 3 is 2.60 bits per heavy atom. The van der Waals surface area contributed by atoms with Crippen molar-refractivity contribution in [2.75, 3.05) is 6.54 Å². The number of hydrogen-bond acceptors (Lipinski definition) is 2. The number of amides is 2. The number of carbonyl (C=O) groups is 2. The molecule has 1 aromatic rings. The van der Waals surface area contributed by atoms with Crippen molar-refractivity contribution < 1.29 is 9.59 Å². The molecule has 0 spiro atoms. The van der Waals surface area contributed by atoms with E-state index in [1.165, 1.54) is 0 Å². The molecule has 0 bridgehead atoms. The van der Waals surface area contributed by atoms with Gasteiger partial charge < -0.3 is 10.2 Å². The molecular formula is C15H19ClN2O2. The molecule has 1 atom stereocenters. The summed E-state index contributed by atoms with van der Waals surface area (Å²) in [6, 6.07) is 7.49. The molecule has 0 saturated carbocycles. The van der Waals surface area contributed by atoms with Gasteiger partial charge in [-0.05, 0) is 31.5 Å². The Morgan fingerprint density at radius 1 is 1.40 bits per heavy atom. The number of hydrogen-bond donors (Lipinski definition) is 1. The van der Waals surface area contributed by atoms with E-state index in [1.807, 2.05) is 26.0 Å². The first-order chi connectivity index (χ1) is 9.47. The molecule has 1 aliphatic rings. The van der Waals surface area contributed by atoms with E-state index >= 15 is 0 Å². The van der Waals surface area contributed by atoms with Gasteiger partial charge >= 0.3 is 0 Å². The minimum absolute atomic E-state index is 0.0588. The van der Waals surface area contributed by atoms with Crippen molar-refractivity contribution in [3.63, 3.8) is 0 Å². The lowest BCUT2D eigenvalue weighted by atomic mass is 10.1. The Bertz CT molecular complexity index is 499. The zero-order valence-corrected chi connectivity index (χ0v) is 12.5. The molecule has 0 aliphatic carbocycles. The third kappa shape index (κ3) is 3.51. The van der Waals surface area contributed by atoms with Crippen LogP contribution in [0.25, 0.3) is 0 Å². The van der Waals surface area contributed by atoms with E-state index in [4.69, 9.17) is 11.6 Å². The molecule has 4 nitrogen and oxygen atoms in total. The predicted molar refractivity (Wildman–Crippen MR) is 78.3 cm³/mol. The Balaban J connectivity index is 1.87. The molecule has 2 amide bonds. The van der Waals surface area contributed by atoms with Gasteiger partial charge in [-0.3, -0.25) is 9.59 Å². The number of carbonyl (C=O) groups excluding carboxylic acids is 2. The summed E-state index contributed by atoms with van der Waals surface area (Å²) in [4.78, 5) is 25.6. The van der Waals surface area contributed by atoms with Crippen LogP contribution in [0, 0.1) is 5.92 Å². The van der Waals surface area contributed by atoms with E-state index in [0.717, 1.165) is 5.56 Å². The normalized spacial score (nSPS) is 18.7. The van der Waals surface area contributed by atoms with Crippen molar-refractivity contribution in [3.05, 3.63) is 34.9 Å². The van der Waals surface area contributed by atoms with Crippen molar-refractivity contribution >= 4 is 23.4 Å². The zero-order valence-electron chi connectivity index (χ0n) is 11.7. The van der Waals surface area contributed by atoms with Crippen LogP contribution in [0.1, 0.15) is 25.8 Å². The first-order valence-electron chi connectivity index (χ1n) is 6.79. The molecule has 1 unspecified atom stereocenters. The molecule has 1 N–H and O–H groups in total. The average molecular weight is 295 g/mol. The van der Waals surface area contributed by atoms with Crippen molar-refractivity contribution in [2.45, 2.75) is 32.9 Å². The molecule has 1 fully saturated rings. The number of benzene rings is 1. The van der Waals surface area contributed by atoms with Crippen LogP contribution in [0.2, 0.25) is 5.02 Å². The Labute approximate surface area is 124 Å². The van der Waals surface area contributed by atoms with Gasteiger partial charge in [0.1, 0.15) is 0 Å². The topological polar surface area (TPSA) is 49.4 Å². The van der Waals surface area contributed by atoms with E-state index in [0.29, 0.717) is 24.5 Å². The van der Waals surface area contributed by atoms with Gasteiger partial charge in [-0.2, -0.15) is 0 Å². The molecule has 1 aliphatic heterocycles. The number of nitrogens with one attached hydrogen (secondary N) is 1. The molecule has 2 rings (SSSR count). The molecule has 20 heavy (non-hydrogen) atoms. The Kier molecular flexibility index (Phi) is 4.65. The third-order valence-corrected chi connectivity index (χ3v) is 3.78. The largest absolute Gasteiger partial charge is 0.352 e. The van der Waals surface area contributed by atoms with Crippen LogP contribution in [0.5, 0.6) is 0 Å². The smallest absolute Gasteiger partial charge is 0.225 e. The van der Waals surface area contributed by atoms with Crippen molar-refractivity contribution in [1.82, 2.24) is 10.2 Å². The van der Waals surface area contributed by atoms with Gasteiger partial charge in [0, 0.05) is 30.6 Å². The minimum Gasteiger partial charge on any atom is -0.352 e. The van der Waals surface area contributed by atoms with Crippen LogP contribution in [0.4, 0.5) is 0 Å². The highest BCUT2D eigenvalue weighted by atomic mass is 35.5. The maximum atomic E-state index is 12.1. The summed E-state index contributed by atoms with van der Waals surface area (Å²) in [7, 11) is 0. The van der Waals surface area contributed by atoms with Crippen molar-refractivity contribution in [1.29, 1.82) is 0 Å². The van der Waals surface area contributed by atoms with Gasteiger partial charge in [-0.1, -0.05) is 23.7 Å². The SMILES string of the molecule is CC(C)N1CC(C(=O)NCc2ccc(Cl)cc2)CC1=O. The lowest BCUT2D eigenvalue weighted by Gasteiger charge is -2.20. The molecule has 108 valence electrons. The van der Waals surface area contributed by atoms with Crippen molar-refractivity contribution in [3.8, 4) is 0 Å². The highest BCUT2D eigenvalue weighted by molar-refractivity contribution is 6.30. The van der Waals surface area contributed by atoms with E-state index < -0.39 is 0 Å². The second kappa shape index (κ2) is 6.27. The van der Waals surface area contributed by atoms with Gasteiger partial charge in [-0.15, -0.1) is 0 Å². The van der Waals surface area contributed by atoms with E-state index in [-0.39, 0.29) is 23.8 Å². The summed E-state index contributed by atoms with van der Waals surface area (Å²) in [5, 5.41) is 3.55. The van der Waals surface area contributed by atoms with Crippen LogP contribution >= 0.6 is 11.6 Å². The fourth-order valence-electron chi connectivity index (χ4n) is 2.34. The van der Waals surface area contributed by atoms with Gasteiger partial charge in [0.05, 0.1) is 5.92 Å². The first-order valence-corrected chi connectivity index (χ1v) is 7.17. The number of rotatable bonds is 4. The maximum absolute atomic E-state index is 12.1. The van der Waals surface area contributed by atoms with E-state index in [1.54, 1.807) is 17.0 Å². The molecule has 0 radical (unpaired) electrons. The average Bonchev–Trinajstić information content (AvgIpc) is 2.80. The summed E-state index contributed by atoms with van der Waals surface area (Å²) >= 11 is 5.81. The molecule has 5 heteroatoms. The zero-order chi connectivity index (χ0) is 14.7. The number of likely N-dealkylation sites (tertiary alicyclic amines) is 1. The van der Waals surface area contributed by atoms with E-state index in [9.17, 15) is 9.59 Å². The van der Waals surface area contributed by atoms with Crippen LogP contribution in [0.3, 0.4) is 0 Å². The minimum atomic E-state index is -0.239. The monoisotopic (exact) mass is 294 g/mol. The van der Waals surface area contributed by atoms with Crippen molar-refractivity contribution in [2.24, 2.45) is 5.92 Å². The maximum Gasteiger partial charge on any atom is 0.225 e. The lowest BCUT2D eigenvalue weighted by molar-refractivity contribution is -0.129. The first kappa shape index (κ1) is 14.9. The highest BCUT2D eigenvalue weighted by Crippen LogP contribution is 2.20. The fourth-order valence-corrected chi connectivity index (χ4v) is 2.47. The molecule has 1 heterocycles. The van der Waals surface area contributed by atoms with Gasteiger partial charge in [-0.25, -0.2) is 0 Å².